The number of amides is 1. The fourth-order valence-electron chi connectivity index (χ4n) is 2.10. The van der Waals surface area contributed by atoms with E-state index < -0.39 is 43.0 Å². The molecule has 0 radical (unpaired) electrons. The van der Waals surface area contributed by atoms with Gasteiger partial charge < -0.3 is 30.5 Å². The molecule has 1 aliphatic heterocycles. The van der Waals surface area contributed by atoms with E-state index in [4.69, 9.17) is 9.84 Å². The highest BCUT2D eigenvalue weighted by atomic mass is 16.5. The van der Waals surface area contributed by atoms with Crippen LogP contribution in [0.15, 0.2) is 0 Å². The SMILES string of the molecule is CCCNC(=O)C(C)C1O[C@H](CO)[C@@H](O)[C@H](O)[C@@H]1O. The standard InChI is InChI=1S/C12H23NO6/c1-3-4-13-12(18)6(2)11-10(17)9(16)8(15)7(5-14)19-11/h6-11,14-17H,3-5H2,1-2H3,(H,13,18)/t6?,7-,8-,9+,10+,11?/m1/s1. The van der Waals surface area contributed by atoms with E-state index in [0.717, 1.165) is 6.42 Å². The Morgan fingerprint density at radius 2 is 1.89 bits per heavy atom. The Bertz CT molecular complexity index is 298. The fourth-order valence-corrected chi connectivity index (χ4v) is 2.10. The van der Waals surface area contributed by atoms with Crippen molar-refractivity contribution in [2.45, 2.75) is 50.8 Å². The van der Waals surface area contributed by atoms with Gasteiger partial charge in [-0.05, 0) is 6.42 Å². The predicted octanol–water partition coefficient (Wildman–Crippen LogP) is -2.01. The zero-order chi connectivity index (χ0) is 14.6. The van der Waals surface area contributed by atoms with Crippen molar-refractivity contribution in [3.8, 4) is 0 Å². The molecule has 7 heteroatoms. The summed E-state index contributed by atoms with van der Waals surface area (Å²) in [5.41, 5.74) is 0. The molecular formula is C12H23NO6. The summed E-state index contributed by atoms with van der Waals surface area (Å²) in [6.45, 7) is 3.50. The second kappa shape index (κ2) is 7.16. The summed E-state index contributed by atoms with van der Waals surface area (Å²) in [6, 6.07) is 0. The van der Waals surface area contributed by atoms with E-state index >= 15 is 0 Å². The summed E-state index contributed by atoms with van der Waals surface area (Å²) in [5, 5.41) is 40.9. The van der Waals surface area contributed by atoms with Crippen LogP contribution < -0.4 is 5.32 Å². The molecule has 0 aromatic carbocycles. The number of aliphatic hydroxyl groups excluding tert-OH is 4. The van der Waals surface area contributed by atoms with Gasteiger partial charge in [0, 0.05) is 6.54 Å². The molecule has 0 saturated carbocycles. The van der Waals surface area contributed by atoms with Crippen LogP contribution in [-0.4, -0.2) is 70.0 Å². The lowest BCUT2D eigenvalue weighted by Crippen LogP contribution is -2.61. The van der Waals surface area contributed by atoms with E-state index in [1.54, 1.807) is 6.92 Å². The normalized spacial score (nSPS) is 36.8. The number of hydrogen-bond donors (Lipinski definition) is 5. The summed E-state index contributed by atoms with van der Waals surface area (Å²) < 4.78 is 5.32. The Morgan fingerprint density at radius 3 is 2.42 bits per heavy atom. The molecule has 0 spiro atoms. The Balaban J connectivity index is 2.72. The number of rotatable bonds is 5. The predicted molar refractivity (Wildman–Crippen MR) is 66.2 cm³/mol. The van der Waals surface area contributed by atoms with Crippen molar-refractivity contribution in [1.82, 2.24) is 5.32 Å². The van der Waals surface area contributed by atoms with E-state index in [2.05, 4.69) is 5.32 Å². The van der Waals surface area contributed by atoms with Gasteiger partial charge in [0.15, 0.2) is 0 Å². The molecule has 1 fully saturated rings. The van der Waals surface area contributed by atoms with Crippen molar-refractivity contribution in [2.75, 3.05) is 13.2 Å². The van der Waals surface area contributed by atoms with E-state index in [-0.39, 0.29) is 5.91 Å². The van der Waals surface area contributed by atoms with Gasteiger partial charge in [0.1, 0.15) is 24.4 Å². The summed E-state index contributed by atoms with van der Waals surface area (Å²) in [6.07, 6.45) is -5.38. The molecule has 0 bridgehead atoms. The average molecular weight is 277 g/mol. The Kier molecular flexibility index (Phi) is 6.15. The lowest BCUT2D eigenvalue weighted by Gasteiger charge is -2.41. The van der Waals surface area contributed by atoms with Gasteiger partial charge in [-0.3, -0.25) is 4.79 Å². The first kappa shape index (κ1) is 16.3. The maximum Gasteiger partial charge on any atom is 0.225 e. The van der Waals surface area contributed by atoms with Crippen molar-refractivity contribution >= 4 is 5.91 Å². The number of ether oxygens (including phenoxy) is 1. The molecule has 112 valence electrons. The van der Waals surface area contributed by atoms with Gasteiger partial charge in [-0.2, -0.15) is 0 Å². The number of carbonyl (C=O) groups is 1. The van der Waals surface area contributed by atoms with Gasteiger partial charge in [-0.25, -0.2) is 0 Å². The smallest absolute Gasteiger partial charge is 0.225 e. The monoisotopic (exact) mass is 277 g/mol. The van der Waals surface area contributed by atoms with Gasteiger partial charge in [0.25, 0.3) is 0 Å². The molecule has 6 atom stereocenters. The average Bonchev–Trinajstić information content (AvgIpc) is 2.42. The molecule has 2 unspecified atom stereocenters. The first-order valence-electron chi connectivity index (χ1n) is 6.52. The van der Waals surface area contributed by atoms with Crippen LogP contribution in [0.4, 0.5) is 0 Å². The summed E-state index contributed by atoms with van der Waals surface area (Å²) in [4.78, 5) is 11.8. The van der Waals surface area contributed by atoms with Gasteiger partial charge in [-0.15, -0.1) is 0 Å². The number of hydrogen-bond acceptors (Lipinski definition) is 6. The number of nitrogens with one attached hydrogen (secondary N) is 1. The maximum atomic E-state index is 11.8. The molecule has 19 heavy (non-hydrogen) atoms. The molecule has 0 aliphatic carbocycles. The number of aliphatic hydroxyl groups is 4. The van der Waals surface area contributed by atoms with Gasteiger partial charge in [0.05, 0.1) is 18.6 Å². The highest BCUT2D eigenvalue weighted by Gasteiger charge is 2.46. The quantitative estimate of drug-likeness (QED) is 0.396. The van der Waals surface area contributed by atoms with E-state index in [1.165, 1.54) is 0 Å². The van der Waals surface area contributed by atoms with Crippen LogP contribution in [-0.2, 0) is 9.53 Å². The molecule has 1 heterocycles. The third-order valence-corrected chi connectivity index (χ3v) is 3.38. The van der Waals surface area contributed by atoms with Crippen molar-refractivity contribution in [2.24, 2.45) is 5.92 Å². The first-order valence-corrected chi connectivity index (χ1v) is 6.52. The van der Waals surface area contributed by atoms with Crippen LogP contribution >= 0.6 is 0 Å². The van der Waals surface area contributed by atoms with Crippen LogP contribution in [0.5, 0.6) is 0 Å². The van der Waals surface area contributed by atoms with E-state index in [9.17, 15) is 20.1 Å². The summed E-state index contributed by atoms with van der Waals surface area (Å²) in [5.74, 6) is -0.996. The minimum Gasteiger partial charge on any atom is -0.394 e. The Labute approximate surface area is 112 Å². The minimum absolute atomic E-state index is 0.300. The maximum absolute atomic E-state index is 11.8. The lowest BCUT2D eigenvalue weighted by molar-refractivity contribution is -0.238. The zero-order valence-corrected chi connectivity index (χ0v) is 11.2. The van der Waals surface area contributed by atoms with Crippen molar-refractivity contribution in [1.29, 1.82) is 0 Å². The first-order chi connectivity index (χ1) is 8.93. The largest absolute Gasteiger partial charge is 0.394 e. The summed E-state index contributed by atoms with van der Waals surface area (Å²) in [7, 11) is 0. The molecule has 5 N–H and O–H groups in total. The van der Waals surface area contributed by atoms with Crippen LogP contribution in [0.3, 0.4) is 0 Å². The van der Waals surface area contributed by atoms with Crippen molar-refractivity contribution in [3.05, 3.63) is 0 Å². The van der Waals surface area contributed by atoms with Crippen molar-refractivity contribution in [3.63, 3.8) is 0 Å². The molecule has 1 rings (SSSR count). The molecule has 7 nitrogen and oxygen atoms in total. The topological polar surface area (TPSA) is 119 Å². The molecule has 1 aliphatic rings. The van der Waals surface area contributed by atoms with Crippen LogP contribution in [0.25, 0.3) is 0 Å². The van der Waals surface area contributed by atoms with Crippen LogP contribution in [0.2, 0.25) is 0 Å². The third kappa shape index (κ3) is 3.64. The highest BCUT2D eigenvalue weighted by molar-refractivity contribution is 5.78. The van der Waals surface area contributed by atoms with E-state index in [1.807, 2.05) is 6.92 Å². The fraction of sp³-hybridized carbons (Fsp3) is 0.917. The molecule has 1 amide bonds. The molecular weight excluding hydrogens is 254 g/mol. The Morgan fingerprint density at radius 1 is 1.26 bits per heavy atom. The zero-order valence-electron chi connectivity index (χ0n) is 11.2. The van der Waals surface area contributed by atoms with E-state index in [0.29, 0.717) is 6.54 Å². The van der Waals surface area contributed by atoms with Gasteiger partial charge in [0.2, 0.25) is 5.91 Å². The minimum atomic E-state index is -1.45. The second-order valence-electron chi connectivity index (χ2n) is 4.87. The molecule has 0 aromatic heterocycles. The van der Waals surface area contributed by atoms with Gasteiger partial charge >= 0.3 is 0 Å². The lowest BCUT2D eigenvalue weighted by atomic mass is 9.88. The molecule has 0 aromatic rings. The Hall–Kier alpha value is -0.730. The molecule has 1 saturated heterocycles. The third-order valence-electron chi connectivity index (χ3n) is 3.38. The van der Waals surface area contributed by atoms with Gasteiger partial charge in [-0.1, -0.05) is 13.8 Å². The summed E-state index contributed by atoms with van der Waals surface area (Å²) >= 11 is 0. The van der Waals surface area contributed by atoms with Crippen molar-refractivity contribution < 1.29 is 30.0 Å². The van der Waals surface area contributed by atoms with Crippen LogP contribution in [0, 0.1) is 5.92 Å². The second-order valence-corrected chi connectivity index (χ2v) is 4.87. The van der Waals surface area contributed by atoms with Crippen LogP contribution in [0.1, 0.15) is 20.3 Å². The highest BCUT2D eigenvalue weighted by Crippen LogP contribution is 2.26. The number of carbonyl (C=O) groups excluding carboxylic acids is 1.